The minimum atomic E-state index is -0.0508. The monoisotopic (exact) mass is 613 g/mol. The zero-order valence-electron chi connectivity index (χ0n) is 24.2. The Bertz CT molecular complexity index is 1440. The highest BCUT2D eigenvalue weighted by Crippen LogP contribution is 2.46. The van der Waals surface area contributed by atoms with Gasteiger partial charge in [-0.05, 0) is 57.0 Å². The Balaban J connectivity index is 1.57. The third-order valence-electron chi connectivity index (χ3n) is 8.03. The van der Waals surface area contributed by atoms with E-state index in [9.17, 15) is 4.79 Å². The Morgan fingerprint density at radius 3 is 2.62 bits per heavy atom. The molecule has 5 rings (SSSR count). The van der Waals surface area contributed by atoms with Crippen molar-refractivity contribution < 1.29 is 19.0 Å². The van der Waals surface area contributed by atoms with Crippen molar-refractivity contribution in [1.29, 1.82) is 0 Å². The molecule has 0 saturated carbocycles. The largest absolute Gasteiger partial charge is 0.495 e. The van der Waals surface area contributed by atoms with Gasteiger partial charge in [0, 0.05) is 54.2 Å². The van der Waals surface area contributed by atoms with E-state index in [-0.39, 0.29) is 23.8 Å². The quantitative estimate of drug-likeness (QED) is 0.263. The van der Waals surface area contributed by atoms with E-state index in [1.807, 2.05) is 18.3 Å². The van der Waals surface area contributed by atoms with E-state index >= 15 is 0 Å². The molecule has 2 aromatic heterocycles. The summed E-state index contributed by atoms with van der Waals surface area (Å²) in [6.07, 6.45) is 6.55. The second-order valence-electron chi connectivity index (χ2n) is 10.9. The van der Waals surface area contributed by atoms with Gasteiger partial charge in [0.1, 0.15) is 23.1 Å². The topological polar surface area (TPSA) is 97.8 Å². The molecule has 0 amide bonds. The highest BCUT2D eigenvalue weighted by Gasteiger charge is 2.28. The molecule has 11 heteroatoms. The average molecular weight is 615 g/mol. The van der Waals surface area contributed by atoms with E-state index in [1.54, 1.807) is 20.3 Å². The number of benzene rings is 1. The van der Waals surface area contributed by atoms with Crippen LogP contribution in [0.2, 0.25) is 10.0 Å². The van der Waals surface area contributed by atoms with Crippen molar-refractivity contribution in [2.45, 2.75) is 37.8 Å². The number of likely N-dealkylation sites (N-methyl/N-ethyl adjacent to an activating group) is 1. The molecule has 0 radical (unpaired) electrons. The van der Waals surface area contributed by atoms with Crippen molar-refractivity contribution >= 4 is 51.4 Å². The Labute approximate surface area is 256 Å². The number of ketones is 1. The first-order valence-electron chi connectivity index (χ1n) is 14.2. The highest BCUT2D eigenvalue weighted by molar-refractivity contribution is 6.41. The molecule has 42 heavy (non-hydrogen) atoms. The molecule has 3 aromatic rings. The van der Waals surface area contributed by atoms with Crippen LogP contribution in [0.3, 0.4) is 0 Å². The maximum atomic E-state index is 12.1. The van der Waals surface area contributed by atoms with Gasteiger partial charge >= 0.3 is 0 Å². The van der Waals surface area contributed by atoms with E-state index in [2.05, 4.69) is 29.2 Å². The zero-order valence-corrected chi connectivity index (χ0v) is 25.7. The summed E-state index contributed by atoms with van der Waals surface area (Å²) in [7, 11) is 5.22. The maximum Gasteiger partial charge on any atom is 0.155 e. The predicted octanol–water partition coefficient (Wildman–Crippen LogP) is 6.09. The Morgan fingerprint density at radius 2 is 1.93 bits per heavy atom. The van der Waals surface area contributed by atoms with Gasteiger partial charge in [-0.2, -0.15) is 0 Å². The Kier molecular flexibility index (Phi) is 9.73. The van der Waals surface area contributed by atoms with Crippen LogP contribution in [0.5, 0.6) is 11.5 Å². The van der Waals surface area contributed by atoms with Crippen molar-refractivity contribution in [2.75, 3.05) is 58.2 Å². The summed E-state index contributed by atoms with van der Waals surface area (Å²) < 4.78 is 16.8. The fraction of sp³-hybridized carbons (Fsp3) is 0.452. The number of fused-ring (bicyclic) bond motifs is 1. The lowest BCUT2D eigenvalue weighted by molar-refractivity contribution is -0.116. The number of nitrogens with one attached hydrogen (secondary N) is 2. The molecule has 1 unspecified atom stereocenters. The minimum Gasteiger partial charge on any atom is -0.495 e. The number of likely N-dealkylation sites (tertiary alicyclic amines) is 1. The molecule has 4 heterocycles. The summed E-state index contributed by atoms with van der Waals surface area (Å²) >= 11 is 13.6. The smallest absolute Gasteiger partial charge is 0.155 e. The second kappa shape index (κ2) is 13.5. The number of carbonyl (C=O) groups is 1. The van der Waals surface area contributed by atoms with Gasteiger partial charge in [-0.1, -0.05) is 29.8 Å². The van der Waals surface area contributed by atoms with Gasteiger partial charge in [-0.3, -0.25) is 4.79 Å². The number of rotatable bonds is 10. The molecule has 2 N–H and O–H groups in total. The molecular formula is C31H37Cl2N5O4. The van der Waals surface area contributed by atoms with Gasteiger partial charge < -0.3 is 29.7 Å². The van der Waals surface area contributed by atoms with Crippen LogP contribution in [0.1, 0.15) is 25.7 Å². The molecule has 9 nitrogen and oxygen atoms in total. The zero-order chi connectivity index (χ0) is 29.8. The molecule has 0 aliphatic carbocycles. The number of hydrogen-bond acceptors (Lipinski definition) is 9. The van der Waals surface area contributed by atoms with Crippen LogP contribution >= 0.6 is 23.2 Å². The van der Waals surface area contributed by atoms with Crippen LogP contribution in [0.25, 0.3) is 22.0 Å². The molecule has 224 valence electrons. The number of aromatic nitrogens is 2. The minimum absolute atomic E-state index is 0.0346. The summed E-state index contributed by atoms with van der Waals surface area (Å²) in [6.45, 7) is 6.73. The first-order valence-corrected chi connectivity index (χ1v) is 14.9. The molecule has 0 bridgehead atoms. The standard InChI is InChI=1S/C31H37Cl2N5O4/c1-5-21(39)11-18-8-10-42-17-24(18)36-27-13-22-19(15-34-27)12-23(37-31(22)35-20-7-6-9-38(2)16-20)28-29(32)25(40-3)14-26(41-4)30(28)33/h5,12-15,18,20,24H,1,6-11,16-17H2,2-4H3,(H,34,36)(H,35,37)/t18-,20?,24-/m1/s1. The molecule has 0 spiro atoms. The summed E-state index contributed by atoms with van der Waals surface area (Å²) in [5.41, 5.74) is 1.10. The molecule has 2 aliphatic rings. The third-order valence-corrected chi connectivity index (χ3v) is 8.78. The average Bonchev–Trinajstić information content (AvgIpc) is 2.98. The van der Waals surface area contributed by atoms with Gasteiger partial charge in [0.15, 0.2) is 5.78 Å². The number of piperidine rings is 1. The summed E-state index contributed by atoms with van der Waals surface area (Å²) in [5, 5.41) is 9.69. The molecular weight excluding hydrogens is 577 g/mol. The van der Waals surface area contributed by atoms with E-state index in [0.717, 1.165) is 43.1 Å². The lowest BCUT2D eigenvalue weighted by Crippen LogP contribution is -2.40. The number of pyridine rings is 2. The molecule has 3 atom stereocenters. The van der Waals surface area contributed by atoms with Crippen molar-refractivity contribution in [3.63, 3.8) is 0 Å². The second-order valence-corrected chi connectivity index (χ2v) is 11.7. The first kappa shape index (κ1) is 30.4. The van der Waals surface area contributed by atoms with Crippen molar-refractivity contribution in [2.24, 2.45) is 5.92 Å². The van der Waals surface area contributed by atoms with Crippen LogP contribution in [0.4, 0.5) is 11.6 Å². The number of methoxy groups -OCH3 is 2. The van der Waals surface area contributed by atoms with Gasteiger partial charge in [0.05, 0.1) is 42.6 Å². The number of ether oxygens (including phenoxy) is 3. The van der Waals surface area contributed by atoms with E-state index in [0.29, 0.717) is 64.1 Å². The van der Waals surface area contributed by atoms with Crippen LogP contribution in [0, 0.1) is 5.92 Å². The summed E-state index contributed by atoms with van der Waals surface area (Å²) in [6, 6.07) is 5.75. The van der Waals surface area contributed by atoms with Crippen molar-refractivity contribution in [3.05, 3.63) is 47.1 Å². The fourth-order valence-electron chi connectivity index (χ4n) is 5.77. The van der Waals surface area contributed by atoms with Crippen LogP contribution in [0.15, 0.2) is 37.1 Å². The first-order chi connectivity index (χ1) is 20.3. The number of allylic oxidation sites excluding steroid dienone is 1. The predicted molar refractivity (Wildman–Crippen MR) is 168 cm³/mol. The van der Waals surface area contributed by atoms with Gasteiger partial charge in [0.25, 0.3) is 0 Å². The SMILES string of the molecule is C=CC(=O)C[C@H]1CCOC[C@H]1Nc1cc2c(NC3CCCN(C)C3)nc(-c3c(Cl)c(OC)cc(OC)c3Cl)cc2cn1. The van der Waals surface area contributed by atoms with Crippen molar-refractivity contribution in [1.82, 2.24) is 14.9 Å². The lowest BCUT2D eigenvalue weighted by Gasteiger charge is -2.32. The van der Waals surface area contributed by atoms with Gasteiger partial charge in [-0.25, -0.2) is 9.97 Å². The van der Waals surface area contributed by atoms with Crippen molar-refractivity contribution in [3.8, 4) is 22.8 Å². The van der Waals surface area contributed by atoms with Gasteiger partial charge in [0.2, 0.25) is 0 Å². The molecule has 2 fully saturated rings. The van der Waals surface area contributed by atoms with Crippen LogP contribution in [-0.4, -0.2) is 80.3 Å². The van der Waals surface area contributed by atoms with Gasteiger partial charge in [-0.15, -0.1) is 0 Å². The maximum absolute atomic E-state index is 12.1. The number of nitrogens with zero attached hydrogens (tertiary/aromatic N) is 3. The third kappa shape index (κ3) is 6.59. The van der Waals surface area contributed by atoms with E-state index in [4.69, 9.17) is 47.4 Å². The summed E-state index contributed by atoms with van der Waals surface area (Å²) in [5.74, 6) is 2.44. The van der Waals surface area contributed by atoms with E-state index in [1.165, 1.54) is 6.08 Å². The number of halogens is 2. The molecule has 2 saturated heterocycles. The van der Waals surface area contributed by atoms with Crippen LogP contribution in [-0.2, 0) is 9.53 Å². The molecule has 1 aromatic carbocycles. The number of anilines is 2. The summed E-state index contributed by atoms with van der Waals surface area (Å²) in [4.78, 5) is 24.2. The fourth-order valence-corrected chi connectivity index (χ4v) is 6.46. The number of carbonyl (C=O) groups excluding carboxylic acids is 1. The normalized spacial score (nSPS) is 21.1. The molecule has 2 aliphatic heterocycles. The lowest BCUT2D eigenvalue weighted by atomic mass is 9.89. The number of hydrogen-bond donors (Lipinski definition) is 2. The highest BCUT2D eigenvalue weighted by atomic mass is 35.5. The van der Waals surface area contributed by atoms with Crippen LogP contribution < -0.4 is 20.1 Å². The van der Waals surface area contributed by atoms with E-state index < -0.39 is 0 Å². The Hall–Kier alpha value is -3.11. The Morgan fingerprint density at radius 1 is 1.17 bits per heavy atom.